The summed E-state index contributed by atoms with van der Waals surface area (Å²) in [4.78, 5) is 23.8. The van der Waals surface area contributed by atoms with Gasteiger partial charge >= 0.3 is 6.55 Å². The summed E-state index contributed by atoms with van der Waals surface area (Å²) in [5.74, 6) is 2.18. The van der Waals surface area contributed by atoms with E-state index in [1.54, 1.807) is 59.5 Å². The molecule has 2 aromatic carbocycles. The number of para-hydroxylation sites is 2. The van der Waals surface area contributed by atoms with Gasteiger partial charge in [0.1, 0.15) is 5.82 Å². The number of rotatable bonds is 8. The van der Waals surface area contributed by atoms with Gasteiger partial charge in [-0.3, -0.25) is 19.8 Å². The number of aryl methyl sites for hydroxylation is 1. The SMILES string of the molecule is CCC(C)CC1CC1.Cc1cc(C(=O)N2CCC(c3nc4ccccc4n3C(F)F)CC2)cnc1C(=N)c1cccc(Cl)c1. The van der Waals surface area contributed by atoms with Crippen molar-refractivity contribution < 1.29 is 13.6 Å². The first-order valence-corrected chi connectivity index (χ1v) is 15.9. The average Bonchev–Trinajstić information content (AvgIpc) is 3.76. The lowest BCUT2D eigenvalue weighted by molar-refractivity contribution is 0.0634. The number of carbonyl (C=O) groups is 1. The van der Waals surface area contributed by atoms with Crippen molar-refractivity contribution in [2.24, 2.45) is 11.8 Å². The van der Waals surface area contributed by atoms with Crippen LogP contribution in [0, 0.1) is 24.2 Å². The smallest absolute Gasteiger partial charge is 0.320 e. The number of hydrogen-bond donors (Lipinski definition) is 1. The second-order valence-corrected chi connectivity index (χ2v) is 12.6. The van der Waals surface area contributed by atoms with Gasteiger partial charge in [0.25, 0.3) is 5.91 Å². The van der Waals surface area contributed by atoms with Crippen molar-refractivity contribution in [1.29, 1.82) is 5.41 Å². The highest BCUT2D eigenvalue weighted by molar-refractivity contribution is 6.31. The lowest BCUT2D eigenvalue weighted by Crippen LogP contribution is -2.38. The van der Waals surface area contributed by atoms with Crippen LogP contribution in [-0.4, -0.2) is 44.1 Å². The molecule has 1 atom stereocenters. The summed E-state index contributed by atoms with van der Waals surface area (Å²) in [6, 6.07) is 15.7. The summed E-state index contributed by atoms with van der Waals surface area (Å²) >= 11 is 6.05. The Morgan fingerprint density at radius 3 is 2.41 bits per heavy atom. The molecule has 1 unspecified atom stereocenters. The number of aromatic nitrogens is 3. The van der Waals surface area contributed by atoms with Gasteiger partial charge in [0, 0.05) is 35.8 Å². The van der Waals surface area contributed by atoms with E-state index in [-0.39, 0.29) is 17.5 Å². The van der Waals surface area contributed by atoms with Gasteiger partial charge in [0.05, 0.1) is 28.0 Å². The third-order valence-electron chi connectivity index (χ3n) is 8.77. The number of imidazole rings is 1. The van der Waals surface area contributed by atoms with Crippen LogP contribution in [0.2, 0.25) is 5.02 Å². The third-order valence-corrected chi connectivity index (χ3v) is 9.01. The summed E-state index contributed by atoms with van der Waals surface area (Å²) in [6.07, 6.45) is 8.49. The number of carbonyl (C=O) groups excluding carboxylic acids is 1. The van der Waals surface area contributed by atoms with E-state index >= 15 is 0 Å². The molecule has 1 N–H and O–H groups in total. The van der Waals surface area contributed by atoms with E-state index in [9.17, 15) is 13.6 Å². The Kier molecular flexibility index (Phi) is 10.1. The van der Waals surface area contributed by atoms with Gasteiger partial charge in [-0.25, -0.2) is 4.98 Å². The van der Waals surface area contributed by atoms with Gasteiger partial charge in [0.15, 0.2) is 0 Å². The molecule has 3 heterocycles. The highest BCUT2D eigenvalue weighted by Gasteiger charge is 2.30. The summed E-state index contributed by atoms with van der Waals surface area (Å²) in [5.41, 5.74) is 3.49. The molecule has 44 heavy (non-hydrogen) atoms. The number of piperidine rings is 1. The van der Waals surface area contributed by atoms with E-state index < -0.39 is 6.55 Å². The number of hydrogen-bond acceptors (Lipinski definition) is 4. The first-order chi connectivity index (χ1) is 21.2. The lowest BCUT2D eigenvalue weighted by Gasteiger charge is -2.32. The largest absolute Gasteiger partial charge is 0.339 e. The fourth-order valence-corrected chi connectivity index (χ4v) is 6.09. The Morgan fingerprint density at radius 1 is 1.05 bits per heavy atom. The Hall–Kier alpha value is -3.65. The molecule has 1 amide bonds. The number of amides is 1. The van der Waals surface area contributed by atoms with Crippen LogP contribution in [0.5, 0.6) is 0 Å². The molecule has 2 fully saturated rings. The fourth-order valence-electron chi connectivity index (χ4n) is 5.90. The summed E-state index contributed by atoms with van der Waals surface area (Å²) in [6.45, 7) is 4.67. The van der Waals surface area contributed by atoms with Gasteiger partial charge in [-0.15, -0.1) is 0 Å². The molecule has 6 rings (SSSR count). The van der Waals surface area contributed by atoms with Crippen LogP contribution < -0.4 is 0 Å². The third kappa shape index (κ3) is 7.34. The molecule has 2 aliphatic rings. The van der Waals surface area contributed by atoms with Crippen molar-refractivity contribution in [2.45, 2.75) is 71.8 Å². The van der Waals surface area contributed by atoms with Crippen molar-refractivity contribution in [3.05, 3.63) is 94.0 Å². The van der Waals surface area contributed by atoms with E-state index in [2.05, 4.69) is 23.8 Å². The lowest BCUT2D eigenvalue weighted by atomic mass is 9.95. The fraction of sp³-hybridized carbons (Fsp3) is 0.429. The van der Waals surface area contributed by atoms with Crippen molar-refractivity contribution >= 4 is 34.3 Å². The van der Waals surface area contributed by atoms with Gasteiger partial charge in [0.2, 0.25) is 0 Å². The number of nitrogens with zero attached hydrogens (tertiary/aromatic N) is 4. The molecule has 0 radical (unpaired) electrons. The molecule has 232 valence electrons. The Morgan fingerprint density at radius 2 is 1.77 bits per heavy atom. The molecule has 2 aromatic heterocycles. The maximum atomic E-state index is 13.9. The first-order valence-electron chi connectivity index (χ1n) is 15.5. The molecule has 4 aromatic rings. The highest BCUT2D eigenvalue weighted by atomic mass is 35.5. The second-order valence-electron chi connectivity index (χ2n) is 12.1. The van der Waals surface area contributed by atoms with Crippen LogP contribution in [0.3, 0.4) is 0 Å². The summed E-state index contributed by atoms with van der Waals surface area (Å²) in [5, 5.41) is 9.03. The molecule has 1 aliphatic carbocycles. The van der Waals surface area contributed by atoms with Crippen molar-refractivity contribution in [1.82, 2.24) is 19.4 Å². The molecular weight excluding hydrogens is 580 g/mol. The number of nitrogens with one attached hydrogen (secondary N) is 1. The van der Waals surface area contributed by atoms with E-state index in [1.807, 2.05) is 6.92 Å². The monoisotopic (exact) mass is 619 g/mol. The first kappa shape index (κ1) is 31.8. The maximum absolute atomic E-state index is 13.9. The normalized spacial score (nSPS) is 16.1. The average molecular weight is 620 g/mol. The molecule has 1 saturated heterocycles. The zero-order valence-corrected chi connectivity index (χ0v) is 26.3. The van der Waals surface area contributed by atoms with Gasteiger partial charge in [-0.1, -0.05) is 69.0 Å². The van der Waals surface area contributed by atoms with Crippen molar-refractivity contribution in [2.75, 3.05) is 13.1 Å². The number of alkyl halides is 2. The topological polar surface area (TPSA) is 74.9 Å². The zero-order chi connectivity index (χ0) is 31.4. The van der Waals surface area contributed by atoms with Gasteiger partial charge < -0.3 is 4.90 Å². The maximum Gasteiger partial charge on any atom is 0.320 e. The molecule has 0 bridgehead atoms. The second kappa shape index (κ2) is 14.0. The molecule has 6 nitrogen and oxygen atoms in total. The van der Waals surface area contributed by atoms with Crippen molar-refractivity contribution in [3.8, 4) is 0 Å². The van der Waals surface area contributed by atoms with E-state index in [0.29, 0.717) is 70.2 Å². The van der Waals surface area contributed by atoms with Crippen LogP contribution in [0.4, 0.5) is 8.78 Å². The van der Waals surface area contributed by atoms with Crippen molar-refractivity contribution in [3.63, 3.8) is 0 Å². The number of halogens is 3. The Labute approximate surface area is 263 Å². The number of fused-ring (bicyclic) bond motifs is 1. The molecule has 1 aliphatic heterocycles. The molecular formula is C35H40ClF2N5O. The van der Waals surface area contributed by atoms with Gasteiger partial charge in [-0.2, -0.15) is 8.78 Å². The number of benzene rings is 2. The van der Waals surface area contributed by atoms with E-state index in [0.717, 1.165) is 16.4 Å². The predicted molar refractivity (Wildman–Crippen MR) is 172 cm³/mol. The van der Waals surface area contributed by atoms with Crippen LogP contribution in [0.15, 0.2) is 60.8 Å². The molecule has 1 saturated carbocycles. The Balaban J connectivity index is 0.000000418. The van der Waals surface area contributed by atoms with Crippen LogP contribution in [0.1, 0.15) is 97.8 Å². The standard InChI is InChI=1S/C27H24ClF2N5O.C8H16/c1-16-13-19(15-32-24(16)23(31)18-5-4-6-20(28)14-18)26(36)34-11-9-17(10-12-34)25-33-21-7-2-3-8-22(21)35(25)27(29)30;1-3-7(2)6-8-4-5-8/h2-8,13-15,17,27,31H,9-12H2,1H3;7-8H,3-6H2,1-2H3. The highest BCUT2D eigenvalue weighted by Crippen LogP contribution is 2.36. The summed E-state index contributed by atoms with van der Waals surface area (Å²) in [7, 11) is 0. The van der Waals surface area contributed by atoms with E-state index in [4.69, 9.17) is 17.0 Å². The quantitative estimate of drug-likeness (QED) is 0.200. The Bertz CT molecular complexity index is 1620. The molecule has 9 heteroatoms. The zero-order valence-electron chi connectivity index (χ0n) is 25.6. The van der Waals surface area contributed by atoms with Crippen LogP contribution in [-0.2, 0) is 0 Å². The van der Waals surface area contributed by atoms with Crippen LogP contribution >= 0.6 is 11.6 Å². The van der Waals surface area contributed by atoms with Crippen LogP contribution in [0.25, 0.3) is 11.0 Å². The molecule has 0 spiro atoms. The summed E-state index contributed by atoms with van der Waals surface area (Å²) < 4.78 is 28.7. The van der Waals surface area contributed by atoms with Gasteiger partial charge in [-0.05, 0) is 73.9 Å². The predicted octanol–water partition coefficient (Wildman–Crippen LogP) is 9.06. The number of pyridine rings is 1. The van der Waals surface area contributed by atoms with E-state index in [1.165, 1.54) is 31.9 Å². The minimum absolute atomic E-state index is 0.157. The number of likely N-dealkylation sites (tertiary alicyclic amines) is 1. The minimum Gasteiger partial charge on any atom is -0.339 e. The minimum atomic E-state index is -2.68.